The molecule has 1 atom stereocenters. The van der Waals surface area contributed by atoms with Gasteiger partial charge in [0.05, 0.1) is 6.23 Å². The molecule has 0 bridgehead atoms. The molecule has 0 aromatic heterocycles. The van der Waals surface area contributed by atoms with Crippen molar-refractivity contribution < 1.29 is 9.16 Å². The van der Waals surface area contributed by atoms with E-state index in [2.05, 4.69) is 12.2 Å². The first-order valence-electron chi connectivity index (χ1n) is 5.63. The highest BCUT2D eigenvalue weighted by molar-refractivity contribution is 6.51. The van der Waals surface area contributed by atoms with Crippen molar-refractivity contribution >= 4 is 9.04 Å². The molecular weight excluding hydrogens is 194 g/mol. The third-order valence-electron chi connectivity index (χ3n) is 1.93. The van der Waals surface area contributed by atoms with Crippen molar-refractivity contribution in [3.05, 3.63) is 0 Å². The lowest BCUT2D eigenvalue weighted by Gasteiger charge is -2.20. The van der Waals surface area contributed by atoms with Crippen LogP contribution in [0.2, 0.25) is 6.04 Å². The highest BCUT2D eigenvalue weighted by atomic mass is 28.3. The summed E-state index contributed by atoms with van der Waals surface area (Å²) in [6.07, 6.45) is 4.69. The SMILES string of the molecule is CCCOC[SiH]1CCCCO1.CNC. The summed E-state index contributed by atoms with van der Waals surface area (Å²) in [5, 5.41) is 2.75. The van der Waals surface area contributed by atoms with Crippen LogP contribution >= 0.6 is 0 Å². The van der Waals surface area contributed by atoms with Crippen LogP contribution in [-0.4, -0.2) is 42.6 Å². The van der Waals surface area contributed by atoms with Gasteiger partial charge in [-0.2, -0.15) is 0 Å². The number of rotatable bonds is 4. The van der Waals surface area contributed by atoms with Crippen molar-refractivity contribution in [2.24, 2.45) is 0 Å². The van der Waals surface area contributed by atoms with Crippen LogP contribution in [0.15, 0.2) is 0 Å². The molecule has 1 fully saturated rings. The maximum Gasteiger partial charge on any atom is 0.202 e. The summed E-state index contributed by atoms with van der Waals surface area (Å²) in [6.45, 7) is 4.04. The molecule has 0 amide bonds. The van der Waals surface area contributed by atoms with Crippen LogP contribution in [0.25, 0.3) is 0 Å². The van der Waals surface area contributed by atoms with E-state index in [1.165, 1.54) is 18.9 Å². The van der Waals surface area contributed by atoms with Crippen molar-refractivity contribution in [3.63, 3.8) is 0 Å². The van der Waals surface area contributed by atoms with Crippen LogP contribution in [0.5, 0.6) is 0 Å². The number of ether oxygens (including phenoxy) is 1. The molecule has 1 saturated heterocycles. The molecule has 1 unspecified atom stereocenters. The van der Waals surface area contributed by atoms with Crippen molar-refractivity contribution in [1.29, 1.82) is 0 Å². The third kappa shape index (κ3) is 8.68. The van der Waals surface area contributed by atoms with Crippen LogP contribution in [0, 0.1) is 0 Å². The predicted molar refractivity (Wildman–Crippen MR) is 63.2 cm³/mol. The van der Waals surface area contributed by atoms with Gasteiger partial charge in [0.15, 0.2) is 0 Å². The number of hydrogen-bond donors (Lipinski definition) is 1. The summed E-state index contributed by atoms with van der Waals surface area (Å²) in [7, 11) is 2.87. The summed E-state index contributed by atoms with van der Waals surface area (Å²) in [5.74, 6) is 0. The number of nitrogens with one attached hydrogen (secondary N) is 1. The van der Waals surface area contributed by atoms with Crippen molar-refractivity contribution in [2.45, 2.75) is 32.2 Å². The van der Waals surface area contributed by atoms with Crippen molar-refractivity contribution in [2.75, 3.05) is 33.5 Å². The van der Waals surface area contributed by atoms with E-state index in [-0.39, 0.29) is 0 Å². The van der Waals surface area contributed by atoms with E-state index >= 15 is 0 Å². The monoisotopic (exact) mass is 219 g/mol. The quantitative estimate of drug-likeness (QED) is 0.571. The van der Waals surface area contributed by atoms with Gasteiger partial charge >= 0.3 is 0 Å². The highest BCUT2D eigenvalue weighted by Crippen LogP contribution is 2.10. The molecule has 0 radical (unpaired) electrons. The predicted octanol–water partition coefficient (Wildman–Crippen LogP) is 1.32. The van der Waals surface area contributed by atoms with E-state index in [9.17, 15) is 0 Å². The molecule has 14 heavy (non-hydrogen) atoms. The molecule has 0 spiro atoms. The largest absolute Gasteiger partial charge is 0.418 e. The zero-order valence-corrected chi connectivity index (χ0v) is 11.0. The Balaban J connectivity index is 0.000000500. The third-order valence-corrected chi connectivity index (χ3v) is 4.29. The lowest BCUT2D eigenvalue weighted by molar-refractivity contribution is 0.154. The second-order valence-electron chi connectivity index (χ2n) is 3.56. The highest BCUT2D eigenvalue weighted by Gasteiger charge is 2.15. The maximum atomic E-state index is 5.64. The first-order valence-corrected chi connectivity index (χ1v) is 7.73. The van der Waals surface area contributed by atoms with Gasteiger partial charge in [-0.1, -0.05) is 13.3 Å². The summed E-state index contributed by atoms with van der Waals surface area (Å²) in [6, 6.07) is 1.32. The minimum Gasteiger partial charge on any atom is -0.418 e. The smallest absolute Gasteiger partial charge is 0.202 e. The van der Waals surface area contributed by atoms with Gasteiger partial charge < -0.3 is 14.5 Å². The van der Waals surface area contributed by atoms with Gasteiger partial charge in [0.1, 0.15) is 0 Å². The van der Waals surface area contributed by atoms with E-state index in [4.69, 9.17) is 9.16 Å². The first-order chi connectivity index (χ1) is 6.85. The van der Waals surface area contributed by atoms with E-state index in [0.717, 1.165) is 25.9 Å². The average molecular weight is 219 g/mol. The summed E-state index contributed by atoms with van der Waals surface area (Å²) < 4.78 is 11.1. The fraction of sp³-hybridized carbons (Fsp3) is 1.00. The van der Waals surface area contributed by atoms with Crippen molar-refractivity contribution in [3.8, 4) is 0 Å². The Bertz CT molecular complexity index is 108. The van der Waals surface area contributed by atoms with Crippen molar-refractivity contribution in [1.82, 2.24) is 5.32 Å². The minimum absolute atomic E-state index is 0.880. The molecule has 1 aliphatic rings. The van der Waals surface area contributed by atoms with Gasteiger partial charge in [-0.3, -0.25) is 0 Å². The number of hydrogen-bond acceptors (Lipinski definition) is 3. The van der Waals surface area contributed by atoms with E-state index in [1.807, 2.05) is 14.1 Å². The molecule has 0 saturated carbocycles. The van der Waals surface area contributed by atoms with Crippen LogP contribution in [-0.2, 0) is 9.16 Å². The van der Waals surface area contributed by atoms with Gasteiger partial charge in [0, 0.05) is 13.2 Å². The first kappa shape index (κ1) is 14.1. The topological polar surface area (TPSA) is 30.5 Å². The van der Waals surface area contributed by atoms with Crippen LogP contribution in [0.4, 0.5) is 0 Å². The molecule has 0 aliphatic carbocycles. The Morgan fingerprint density at radius 1 is 1.36 bits per heavy atom. The molecule has 86 valence electrons. The Labute approximate surface area is 89.9 Å². The second kappa shape index (κ2) is 11.2. The van der Waals surface area contributed by atoms with Gasteiger partial charge in [0.25, 0.3) is 0 Å². The zero-order chi connectivity index (χ0) is 10.6. The minimum atomic E-state index is -0.880. The fourth-order valence-corrected chi connectivity index (χ4v) is 3.40. The lowest BCUT2D eigenvalue weighted by Crippen LogP contribution is -2.29. The molecule has 1 N–H and O–H groups in total. The fourth-order valence-electron chi connectivity index (χ4n) is 1.30. The van der Waals surface area contributed by atoms with E-state index in [0.29, 0.717) is 0 Å². The maximum absolute atomic E-state index is 5.64. The Morgan fingerprint density at radius 3 is 2.57 bits per heavy atom. The van der Waals surface area contributed by atoms with Gasteiger partial charge in [0.2, 0.25) is 9.04 Å². The Hall–Kier alpha value is 0.0969. The Morgan fingerprint density at radius 2 is 2.07 bits per heavy atom. The van der Waals surface area contributed by atoms with E-state index < -0.39 is 9.04 Å². The second-order valence-corrected chi connectivity index (χ2v) is 6.05. The average Bonchev–Trinajstić information content (AvgIpc) is 2.21. The lowest BCUT2D eigenvalue weighted by atomic mass is 10.4. The zero-order valence-electron chi connectivity index (χ0n) is 9.84. The van der Waals surface area contributed by atoms with Crippen LogP contribution in [0.3, 0.4) is 0 Å². The molecule has 4 heteroatoms. The molecular formula is C10H25NO2Si. The summed E-state index contributed by atoms with van der Waals surface area (Å²) in [5.41, 5.74) is 0. The van der Waals surface area contributed by atoms with Gasteiger partial charge in [-0.15, -0.1) is 0 Å². The molecule has 1 heterocycles. The molecule has 3 nitrogen and oxygen atoms in total. The Kier molecular flexibility index (Phi) is 11.3. The standard InChI is InChI=1S/C8H18O2Si.C2H7N/c1-2-5-9-8-11-7-4-3-6-10-11;1-3-2/h11H,2-8H2,1H3;3H,1-2H3. The summed E-state index contributed by atoms with van der Waals surface area (Å²) >= 11 is 0. The van der Waals surface area contributed by atoms with Crippen LogP contribution < -0.4 is 5.32 Å². The van der Waals surface area contributed by atoms with Gasteiger partial charge in [-0.05, 0) is 33.0 Å². The van der Waals surface area contributed by atoms with Crippen LogP contribution in [0.1, 0.15) is 26.2 Å². The molecule has 0 aromatic rings. The normalized spacial score (nSPS) is 21.2. The summed E-state index contributed by atoms with van der Waals surface area (Å²) in [4.78, 5) is 0. The molecule has 1 aliphatic heterocycles. The molecule has 0 aromatic carbocycles. The molecule has 1 rings (SSSR count). The van der Waals surface area contributed by atoms with E-state index in [1.54, 1.807) is 0 Å². The van der Waals surface area contributed by atoms with Gasteiger partial charge in [-0.25, -0.2) is 0 Å².